The fraction of sp³-hybridized carbons (Fsp3) is 0.263. The Morgan fingerprint density at radius 1 is 1.11 bits per heavy atom. The second-order valence-corrected chi connectivity index (χ2v) is 5.40. The molecule has 0 fully saturated rings. The fourth-order valence-electron chi connectivity index (χ4n) is 2.36. The molecule has 2 aromatic carbocycles. The van der Waals surface area contributed by atoms with Gasteiger partial charge < -0.3 is 20.1 Å². The summed E-state index contributed by atoms with van der Waals surface area (Å²) in [4.78, 5) is 15.9. The van der Waals surface area contributed by atoms with Crippen LogP contribution in [0.3, 0.4) is 0 Å². The van der Waals surface area contributed by atoms with Crippen LogP contribution in [0.25, 0.3) is 0 Å². The van der Waals surface area contributed by atoms with Crippen LogP contribution in [0.15, 0.2) is 47.5 Å². The van der Waals surface area contributed by atoms with Gasteiger partial charge in [-0.05, 0) is 23.8 Å². The zero-order valence-corrected chi connectivity index (χ0v) is 17.7. The summed E-state index contributed by atoms with van der Waals surface area (Å²) in [7, 11) is 4.44. The van der Waals surface area contributed by atoms with Gasteiger partial charge in [0, 0.05) is 25.7 Å². The minimum absolute atomic E-state index is 0. The van der Waals surface area contributed by atoms with E-state index in [2.05, 4.69) is 15.6 Å². The van der Waals surface area contributed by atoms with E-state index in [9.17, 15) is 9.18 Å². The van der Waals surface area contributed by atoms with Crippen molar-refractivity contribution in [2.24, 2.45) is 4.99 Å². The van der Waals surface area contributed by atoms with Crippen LogP contribution >= 0.6 is 24.0 Å². The molecule has 146 valence electrons. The first-order valence-electron chi connectivity index (χ1n) is 8.02. The summed E-state index contributed by atoms with van der Waals surface area (Å²) < 4.78 is 23.6. The molecule has 0 spiro atoms. The van der Waals surface area contributed by atoms with Crippen molar-refractivity contribution in [3.05, 3.63) is 65.0 Å². The van der Waals surface area contributed by atoms with Crippen LogP contribution in [-0.2, 0) is 17.8 Å². The topological polar surface area (TPSA) is 72.0 Å². The monoisotopic (exact) mass is 487 g/mol. The average Bonchev–Trinajstić information content (AvgIpc) is 2.68. The lowest BCUT2D eigenvalue weighted by Crippen LogP contribution is -2.36. The van der Waals surface area contributed by atoms with Crippen molar-refractivity contribution in [1.82, 2.24) is 10.6 Å². The molecule has 0 amide bonds. The zero-order chi connectivity index (χ0) is 18.9. The number of ether oxygens (including phenoxy) is 2. The predicted molar refractivity (Wildman–Crippen MR) is 113 cm³/mol. The SMILES string of the molecule is CN=C(NCc1ccc(OC)c(C(=O)OC)c1)NCc1ccccc1F.I. The molecule has 0 saturated carbocycles. The minimum Gasteiger partial charge on any atom is -0.496 e. The van der Waals surface area contributed by atoms with Crippen LogP contribution in [0.4, 0.5) is 4.39 Å². The number of guanidine groups is 1. The quantitative estimate of drug-likeness (QED) is 0.284. The standard InChI is InChI=1S/C19H22FN3O3.HI/c1-21-19(23-12-14-6-4-5-7-16(14)20)22-11-13-8-9-17(25-2)15(10-13)18(24)26-3;/h4-10H,11-12H2,1-3H3,(H2,21,22,23);1H. The first-order chi connectivity index (χ1) is 12.6. The van der Waals surface area contributed by atoms with Gasteiger partial charge in [0.15, 0.2) is 5.96 Å². The van der Waals surface area contributed by atoms with Crippen molar-refractivity contribution in [3.63, 3.8) is 0 Å². The van der Waals surface area contributed by atoms with Crippen LogP contribution in [-0.4, -0.2) is 33.2 Å². The van der Waals surface area contributed by atoms with Crippen LogP contribution in [0.2, 0.25) is 0 Å². The molecule has 27 heavy (non-hydrogen) atoms. The van der Waals surface area contributed by atoms with E-state index in [0.29, 0.717) is 35.9 Å². The summed E-state index contributed by atoms with van der Waals surface area (Å²) in [6.07, 6.45) is 0. The van der Waals surface area contributed by atoms with Crippen molar-refractivity contribution in [3.8, 4) is 5.75 Å². The average molecular weight is 487 g/mol. The van der Waals surface area contributed by atoms with Gasteiger partial charge in [-0.15, -0.1) is 24.0 Å². The largest absolute Gasteiger partial charge is 0.496 e. The maximum absolute atomic E-state index is 13.7. The van der Waals surface area contributed by atoms with Gasteiger partial charge in [0.25, 0.3) is 0 Å². The second-order valence-electron chi connectivity index (χ2n) is 5.40. The lowest BCUT2D eigenvalue weighted by Gasteiger charge is -2.13. The van der Waals surface area contributed by atoms with Gasteiger partial charge >= 0.3 is 5.97 Å². The highest BCUT2D eigenvalue weighted by Crippen LogP contribution is 2.20. The number of rotatable bonds is 6. The Bertz CT molecular complexity index is 800. The molecule has 0 bridgehead atoms. The Kier molecular flexibility index (Phi) is 9.55. The van der Waals surface area contributed by atoms with Crippen molar-refractivity contribution < 1.29 is 18.7 Å². The fourth-order valence-corrected chi connectivity index (χ4v) is 2.36. The molecule has 0 unspecified atom stereocenters. The van der Waals surface area contributed by atoms with Crippen molar-refractivity contribution in [2.45, 2.75) is 13.1 Å². The Hall–Kier alpha value is -2.36. The lowest BCUT2D eigenvalue weighted by atomic mass is 10.1. The molecule has 6 nitrogen and oxygen atoms in total. The van der Waals surface area contributed by atoms with E-state index in [1.807, 2.05) is 6.07 Å². The van der Waals surface area contributed by atoms with E-state index >= 15 is 0 Å². The Morgan fingerprint density at radius 3 is 2.44 bits per heavy atom. The number of methoxy groups -OCH3 is 2. The smallest absolute Gasteiger partial charge is 0.341 e. The molecule has 0 aromatic heterocycles. The van der Waals surface area contributed by atoms with E-state index in [1.54, 1.807) is 37.4 Å². The van der Waals surface area contributed by atoms with Crippen molar-refractivity contribution in [2.75, 3.05) is 21.3 Å². The maximum Gasteiger partial charge on any atom is 0.341 e. The van der Waals surface area contributed by atoms with Crippen molar-refractivity contribution >= 4 is 35.9 Å². The Morgan fingerprint density at radius 2 is 1.81 bits per heavy atom. The van der Waals surface area contributed by atoms with Gasteiger partial charge in [0.05, 0.1) is 14.2 Å². The van der Waals surface area contributed by atoms with Gasteiger partial charge in [0.1, 0.15) is 17.1 Å². The molecule has 0 atom stereocenters. The van der Waals surface area contributed by atoms with Crippen LogP contribution in [0, 0.1) is 5.82 Å². The van der Waals surface area contributed by atoms with E-state index in [0.717, 1.165) is 5.56 Å². The van der Waals surface area contributed by atoms with E-state index in [4.69, 9.17) is 9.47 Å². The van der Waals surface area contributed by atoms with Gasteiger partial charge in [-0.3, -0.25) is 4.99 Å². The summed E-state index contributed by atoms with van der Waals surface area (Å²) in [5, 5.41) is 6.17. The predicted octanol–water partition coefficient (Wildman–Crippen LogP) is 3.10. The Labute approximate surface area is 175 Å². The Balaban J connectivity index is 0.00000364. The number of hydrogen-bond acceptors (Lipinski definition) is 4. The molecule has 0 heterocycles. The van der Waals surface area contributed by atoms with E-state index in [1.165, 1.54) is 20.3 Å². The number of carbonyl (C=O) groups excluding carboxylic acids is 1. The van der Waals surface area contributed by atoms with E-state index < -0.39 is 5.97 Å². The molecular weight excluding hydrogens is 464 g/mol. The number of esters is 1. The molecule has 2 N–H and O–H groups in total. The molecule has 0 aliphatic rings. The minimum atomic E-state index is -0.467. The number of halogens is 2. The lowest BCUT2D eigenvalue weighted by molar-refractivity contribution is 0.0597. The normalized spacial score (nSPS) is 10.6. The van der Waals surface area contributed by atoms with Crippen LogP contribution in [0.5, 0.6) is 5.75 Å². The summed E-state index contributed by atoms with van der Waals surface area (Å²) in [5.74, 6) is 0.227. The van der Waals surface area contributed by atoms with Crippen LogP contribution < -0.4 is 15.4 Å². The molecule has 0 saturated heterocycles. The number of nitrogens with zero attached hydrogens (tertiary/aromatic N) is 1. The molecule has 2 aromatic rings. The number of aliphatic imine (C=N–C) groups is 1. The van der Waals surface area contributed by atoms with E-state index in [-0.39, 0.29) is 29.8 Å². The molecular formula is C19H23FIN3O3. The first kappa shape index (κ1) is 22.7. The number of hydrogen-bond donors (Lipinski definition) is 2. The highest BCUT2D eigenvalue weighted by Gasteiger charge is 2.13. The maximum atomic E-state index is 13.7. The van der Waals surface area contributed by atoms with Gasteiger partial charge in [-0.25, -0.2) is 9.18 Å². The highest BCUT2D eigenvalue weighted by molar-refractivity contribution is 14.0. The molecule has 0 radical (unpaired) electrons. The summed E-state index contributed by atoms with van der Waals surface area (Å²) in [6.45, 7) is 0.729. The third-order valence-corrected chi connectivity index (χ3v) is 3.76. The molecule has 0 aliphatic carbocycles. The van der Waals surface area contributed by atoms with Gasteiger partial charge in [-0.1, -0.05) is 24.3 Å². The number of nitrogens with one attached hydrogen (secondary N) is 2. The third kappa shape index (κ3) is 6.38. The number of benzene rings is 2. The molecule has 0 aliphatic heterocycles. The zero-order valence-electron chi connectivity index (χ0n) is 15.4. The summed E-state index contributed by atoms with van der Waals surface area (Å²) in [5.41, 5.74) is 1.75. The number of carbonyl (C=O) groups is 1. The summed E-state index contributed by atoms with van der Waals surface area (Å²) >= 11 is 0. The van der Waals surface area contributed by atoms with Crippen LogP contribution in [0.1, 0.15) is 21.5 Å². The molecule has 8 heteroatoms. The second kappa shape index (κ2) is 11.4. The highest BCUT2D eigenvalue weighted by atomic mass is 127. The first-order valence-corrected chi connectivity index (χ1v) is 8.02. The third-order valence-electron chi connectivity index (χ3n) is 3.76. The van der Waals surface area contributed by atoms with Crippen molar-refractivity contribution in [1.29, 1.82) is 0 Å². The summed E-state index contributed by atoms with van der Waals surface area (Å²) in [6, 6.07) is 11.8. The molecule has 2 rings (SSSR count). The van der Waals surface area contributed by atoms with Gasteiger partial charge in [-0.2, -0.15) is 0 Å². The van der Waals surface area contributed by atoms with Gasteiger partial charge in [0.2, 0.25) is 0 Å².